The molecule has 1 amide bonds. The zero-order valence-corrected chi connectivity index (χ0v) is 16.5. The largest absolute Gasteiger partial charge is 0.493 e. The maximum absolute atomic E-state index is 13.2. The van der Waals surface area contributed by atoms with Crippen LogP contribution in [-0.4, -0.2) is 21.2 Å². The number of thioether (sulfide) groups is 1. The molecule has 0 spiro atoms. The number of hydrogen-bond acceptors (Lipinski definition) is 5. The first kappa shape index (κ1) is 18.3. The van der Waals surface area contributed by atoms with Gasteiger partial charge in [0.2, 0.25) is 11.0 Å². The van der Waals surface area contributed by atoms with E-state index in [1.54, 1.807) is 0 Å². The second-order valence-corrected chi connectivity index (χ2v) is 7.96. The van der Waals surface area contributed by atoms with E-state index in [1.807, 2.05) is 84.9 Å². The molecular weight excluding hydrogens is 396 g/mol. The molecule has 0 saturated carbocycles. The number of carbonyl (C=O) groups excluding carboxylic acids is 1. The van der Waals surface area contributed by atoms with Crippen molar-refractivity contribution in [3.63, 3.8) is 0 Å². The summed E-state index contributed by atoms with van der Waals surface area (Å²) in [6.45, 7) is 0. The van der Waals surface area contributed by atoms with Crippen LogP contribution in [0.15, 0.2) is 100 Å². The maximum Gasteiger partial charge on any atom is 0.273 e. The number of aromatic hydroxyl groups is 1. The van der Waals surface area contributed by atoms with Crippen LogP contribution < -0.4 is 0 Å². The number of aromatic amines is 1. The summed E-state index contributed by atoms with van der Waals surface area (Å²) in [6.07, 6.45) is 0. The van der Waals surface area contributed by atoms with Gasteiger partial charge in [-0.25, -0.2) is 0 Å². The van der Waals surface area contributed by atoms with Gasteiger partial charge in [-0.15, -0.1) is 10.2 Å². The summed E-state index contributed by atoms with van der Waals surface area (Å²) < 4.78 is -1.01. The maximum atomic E-state index is 13.2. The zero-order valence-electron chi connectivity index (χ0n) is 15.7. The lowest BCUT2D eigenvalue weighted by atomic mass is 9.89. The first-order chi connectivity index (χ1) is 14.7. The normalized spacial score (nSPS) is 15.7. The lowest BCUT2D eigenvalue weighted by Gasteiger charge is -2.26. The number of aromatic nitrogens is 1. The highest BCUT2D eigenvalue weighted by molar-refractivity contribution is 8.16. The number of aliphatic imine (C=N–C) groups is 1. The molecule has 2 heterocycles. The van der Waals surface area contributed by atoms with Crippen LogP contribution in [0.3, 0.4) is 0 Å². The van der Waals surface area contributed by atoms with Gasteiger partial charge < -0.3 is 10.1 Å². The van der Waals surface area contributed by atoms with E-state index in [1.165, 1.54) is 11.8 Å². The van der Waals surface area contributed by atoms with Gasteiger partial charge in [-0.1, -0.05) is 90.6 Å². The fraction of sp³-hybridized carbons (Fsp3) is 0.0435. The highest BCUT2D eigenvalue weighted by atomic mass is 32.2. The van der Waals surface area contributed by atoms with Gasteiger partial charge in [-0.05, 0) is 17.2 Å². The van der Waals surface area contributed by atoms with Gasteiger partial charge in [0.05, 0.1) is 5.52 Å². The fourth-order valence-corrected chi connectivity index (χ4v) is 4.72. The van der Waals surface area contributed by atoms with Crippen molar-refractivity contribution in [2.24, 2.45) is 15.2 Å². The quantitative estimate of drug-likeness (QED) is 0.434. The van der Waals surface area contributed by atoms with Crippen LogP contribution in [0.2, 0.25) is 0 Å². The van der Waals surface area contributed by atoms with Crippen LogP contribution >= 0.6 is 11.8 Å². The average molecular weight is 412 g/mol. The number of azo groups is 1. The minimum atomic E-state index is -1.01. The molecule has 1 aliphatic heterocycles. The molecular formula is C23H16N4O2S. The topological polar surface area (TPSA) is 90.2 Å². The Morgan fingerprint density at radius 1 is 0.833 bits per heavy atom. The molecule has 2 N–H and O–H groups in total. The highest BCUT2D eigenvalue weighted by Gasteiger charge is 2.48. The van der Waals surface area contributed by atoms with Crippen molar-refractivity contribution in [1.82, 2.24) is 4.98 Å². The Bertz CT molecular complexity index is 1260. The van der Waals surface area contributed by atoms with E-state index in [-0.39, 0.29) is 17.0 Å². The van der Waals surface area contributed by atoms with E-state index in [0.717, 1.165) is 22.0 Å². The van der Waals surface area contributed by atoms with Gasteiger partial charge in [0.25, 0.3) is 5.91 Å². The van der Waals surface area contributed by atoms with Gasteiger partial charge in [0.15, 0.2) is 10.4 Å². The molecule has 0 fully saturated rings. The number of benzene rings is 3. The molecule has 0 bridgehead atoms. The monoisotopic (exact) mass is 412 g/mol. The first-order valence-electron chi connectivity index (χ1n) is 9.33. The Balaban J connectivity index is 1.55. The van der Waals surface area contributed by atoms with E-state index in [0.29, 0.717) is 5.69 Å². The average Bonchev–Trinajstić information content (AvgIpc) is 3.30. The molecule has 1 aliphatic rings. The lowest BCUT2D eigenvalue weighted by Crippen LogP contribution is -2.29. The molecule has 1 aromatic heterocycles. The SMILES string of the molecule is O=C1N=C(N=Nc2c(O)[nH]c3ccccc23)SC1(c1ccccc1)c1ccccc1. The van der Waals surface area contributed by atoms with Gasteiger partial charge in [0, 0.05) is 5.39 Å². The van der Waals surface area contributed by atoms with Crippen molar-refractivity contribution in [3.8, 4) is 5.88 Å². The molecule has 7 heteroatoms. The first-order valence-corrected chi connectivity index (χ1v) is 10.1. The summed E-state index contributed by atoms with van der Waals surface area (Å²) in [5.74, 6) is -0.380. The molecule has 0 unspecified atom stereocenters. The fourth-order valence-electron chi connectivity index (χ4n) is 3.60. The van der Waals surface area contributed by atoms with Crippen LogP contribution in [0.4, 0.5) is 5.69 Å². The Hall–Kier alpha value is -3.71. The van der Waals surface area contributed by atoms with E-state index >= 15 is 0 Å². The number of amidine groups is 1. The van der Waals surface area contributed by atoms with Crippen molar-refractivity contribution < 1.29 is 9.90 Å². The molecule has 146 valence electrons. The third-order valence-corrected chi connectivity index (χ3v) is 6.31. The van der Waals surface area contributed by atoms with Crippen LogP contribution in [-0.2, 0) is 9.54 Å². The number of nitrogens with zero attached hydrogens (tertiary/aromatic N) is 3. The second kappa shape index (κ2) is 7.27. The Labute approximate surface area is 176 Å². The molecule has 3 aromatic carbocycles. The Morgan fingerprint density at radius 2 is 1.43 bits per heavy atom. The number of H-pyrrole nitrogens is 1. The van der Waals surface area contributed by atoms with E-state index in [9.17, 15) is 9.90 Å². The number of amides is 1. The van der Waals surface area contributed by atoms with Gasteiger partial charge in [-0.3, -0.25) is 4.79 Å². The lowest BCUT2D eigenvalue weighted by molar-refractivity contribution is -0.119. The van der Waals surface area contributed by atoms with Crippen LogP contribution in [0.25, 0.3) is 10.9 Å². The van der Waals surface area contributed by atoms with E-state index < -0.39 is 4.75 Å². The summed E-state index contributed by atoms with van der Waals surface area (Å²) in [5, 5.41) is 19.6. The summed E-state index contributed by atoms with van der Waals surface area (Å²) in [6, 6.07) is 26.5. The number of fused-ring (bicyclic) bond motifs is 1. The minimum Gasteiger partial charge on any atom is -0.493 e. The van der Waals surface area contributed by atoms with Crippen molar-refractivity contribution in [2.75, 3.05) is 0 Å². The van der Waals surface area contributed by atoms with Gasteiger partial charge >= 0.3 is 0 Å². The summed E-state index contributed by atoms with van der Waals surface area (Å²) >= 11 is 1.25. The molecule has 30 heavy (non-hydrogen) atoms. The second-order valence-electron chi connectivity index (χ2n) is 6.78. The molecule has 0 aliphatic carbocycles. The predicted molar refractivity (Wildman–Crippen MR) is 118 cm³/mol. The minimum absolute atomic E-state index is 0.0766. The van der Waals surface area contributed by atoms with E-state index in [2.05, 4.69) is 20.2 Å². The summed E-state index contributed by atoms with van der Waals surface area (Å²) in [5.41, 5.74) is 2.73. The molecule has 0 saturated heterocycles. The predicted octanol–water partition coefficient (Wildman–Crippen LogP) is 5.53. The number of carbonyl (C=O) groups is 1. The Morgan fingerprint density at radius 3 is 2.10 bits per heavy atom. The van der Waals surface area contributed by atoms with E-state index in [4.69, 9.17) is 0 Å². The Kier molecular flexibility index (Phi) is 4.44. The number of hydrogen-bond donors (Lipinski definition) is 2. The molecule has 6 nitrogen and oxygen atoms in total. The molecule has 5 rings (SSSR count). The standard InChI is InChI=1S/C23H16N4O2S/c28-20-19(17-13-7-8-14-18(17)24-20)26-27-22-25-21(29)23(30-22,15-9-3-1-4-10-15)16-11-5-2-6-12-16/h1-14,24,28H. The summed E-state index contributed by atoms with van der Waals surface area (Å²) in [4.78, 5) is 20.2. The van der Waals surface area contributed by atoms with Crippen molar-refractivity contribution in [2.45, 2.75) is 4.75 Å². The number of rotatable bonds is 3. The van der Waals surface area contributed by atoms with Crippen molar-refractivity contribution in [3.05, 3.63) is 96.1 Å². The number of para-hydroxylation sites is 1. The van der Waals surface area contributed by atoms with Crippen LogP contribution in [0.1, 0.15) is 11.1 Å². The molecule has 0 atom stereocenters. The molecule has 4 aromatic rings. The third-order valence-electron chi connectivity index (χ3n) is 5.00. The van der Waals surface area contributed by atoms with Crippen molar-refractivity contribution >= 4 is 39.4 Å². The smallest absolute Gasteiger partial charge is 0.273 e. The molecule has 0 radical (unpaired) electrons. The van der Waals surface area contributed by atoms with Gasteiger partial charge in [0.1, 0.15) is 0 Å². The van der Waals surface area contributed by atoms with Gasteiger partial charge in [-0.2, -0.15) is 4.99 Å². The van der Waals surface area contributed by atoms with Crippen LogP contribution in [0, 0.1) is 0 Å². The third kappa shape index (κ3) is 2.91. The van der Waals surface area contributed by atoms with Crippen molar-refractivity contribution in [1.29, 1.82) is 0 Å². The number of nitrogens with one attached hydrogen (secondary N) is 1. The summed E-state index contributed by atoms with van der Waals surface area (Å²) in [7, 11) is 0. The zero-order chi connectivity index (χ0) is 20.6. The van der Waals surface area contributed by atoms with Crippen LogP contribution in [0.5, 0.6) is 5.88 Å². The highest BCUT2D eigenvalue weighted by Crippen LogP contribution is 2.49.